The second-order valence-corrected chi connectivity index (χ2v) is 9.32. The SMILES string of the molecule is Nc1nccc(Sc2cnc(N3CCC4(CC3)c3oncc3C[C@H]4N)c(CO)n2)c1Cl. The van der Waals surface area contributed by atoms with E-state index in [0.717, 1.165) is 48.6 Å². The molecule has 3 aromatic heterocycles. The van der Waals surface area contributed by atoms with Gasteiger partial charge in [-0.15, -0.1) is 0 Å². The predicted molar refractivity (Wildman–Crippen MR) is 117 cm³/mol. The van der Waals surface area contributed by atoms with Gasteiger partial charge >= 0.3 is 0 Å². The first-order valence-electron chi connectivity index (χ1n) is 10.0. The molecule has 5 rings (SSSR count). The van der Waals surface area contributed by atoms with E-state index >= 15 is 0 Å². The lowest BCUT2D eigenvalue weighted by molar-refractivity contribution is 0.222. The molecule has 4 heterocycles. The Balaban J connectivity index is 1.35. The first-order valence-corrected chi connectivity index (χ1v) is 11.2. The molecule has 0 amide bonds. The molecule has 0 aromatic carbocycles. The molecule has 9 nitrogen and oxygen atoms in total. The molecule has 31 heavy (non-hydrogen) atoms. The van der Waals surface area contributed by atoms with Gasteiger partial charge in [0.1, 0.15) is 22.3 Å². The molecule has 1 spiro atoms. The van der Waals surface area contributed by atoms with Crippen LogP contribution in [0.15, 0.2) is 39.1 Å². The Kier molecular flexibility index (Phi) is 5.25. The van der Waals surface area contributed by atoms with Gasteiger partial charge < -0.3 is 26.0 Å². The van der Waals surface area contributed by atoms with Crippen molar-refractivity contribution in [3.05, 3.63) is 46.7 Å². The van der Waals surface area contributed by atoms with E-state index in [4.69, 9.17) is 27.6 Å². The molecule has 162 valence electrons. The Hall–Kier alpha value is -2.40. The molecular weight excluding hydrogens is 438 g/mol. The molecule has 1 aliphatic heterocycles. The van der Waals surface area contributed by atoms with Crippen LogP contribution in [-0.4, -0.2) is 44.3 Å². The monoisotopic (exact) mass is 459 g/mol. The smallest absolute Gasteiger partial charge is 0.152 e. The van der Waals surface area contributed by atoms with Crippen LogP contribution in [0.25, 0.3) is 0 Å². The van der Waals surface area contributed by atoms with Crippen molar-refractivity contribution in [3.63, 3.8) is 0 Å². The first kappa shape index (κ1) is 20.5. The van der Waals surface area contributed by atoms with Crippen LogP contribution >= 0.6 is 23.4 Å². The summed E-state index contributed by atoms with van der Waals surface area (Å²) in [5, 5.41) is 14.9. The van der Waals surface area contributed by atoms with E-state index in [1.165, 1.54) is 11.8 Å². The Bertz CT molecular complexity index is 1120. The highest BCUT2D eigenvalue weighted by atomic mass is 35.5. The van der Waals surface area contributed by atoms with Crippen LogP contribution in [0.5, 0.6) is 0 Å². The average molecular weight is 460 g/mol. The third kappa shape index (κ3) is 3.43. The van der Waals surface area contributed by atoms with E-state index < -0.39 is 0 Å². The van der Waals surface area contributed by atoms with Gasteiger partial charge in [-0.2, -0.15) is 0 Å². The topological polar surface area (TPSA) is 140 Å². The summed E-state index contributed by atoms with van der Waals surface area (Å²) in [6, 6.07) is 1.80. The Morgan fingerprint density at radius 1 is 1.29 bits per heavy atom. The molecular formula is C20H22ClN7O2S. The maximum atomic E-state index is 9.95. The average Bonchev–Trinajstić information content (AvgIpc) is 3.34. The lowest BCUT2D eigenvalue weighted by Crippen LogP contribution is -2.51. The fourth-order valence-corrected chi connectivity index (χ4v) is 5.62. The number of aliphatic hydroxyl groups is 1. The van der Waals surface area contributed by atoms with Gasteiger partial charge in [0.2, 0.25) is 0 Å². The number of nitrogen functional groups attached to an aromatic ring is 1. The number of nitrogens with zero attached hydrogens (tertiary/aromatic N) is 5. The summed E-state index contributed by atoms with van der Waals surface area (Å²) in [4.78, 5) is 16.1. The Morgan fingerprint density at radius 2 is 2.10 bits per heavy atom. The van der Waals surface area contributed by atoms with Crippen molar-refractivity contribution in [2.24, 2.45) is 5.73 Å². The Morgan fingerprint density at radius 3 is 2.87 bits per heavy atom. The molecule has 1 saturated heterocycles. The van der Waals surface area contributed by atoms with Gasteiger partial charge in [0.15, 0.2) is 5.82 Å². The number of nitrogens with two attached hydrogens (primary N) is 2. The highest BCUT2D eigenvalue weighted by Crippen LogP contribution is 2.46. The molecule has 2 aliphatic rings. The zero-order valence-electron chi connectivity index (χ0n) is 16.7. The number of anilines is 2. The number of aliphatic hydroxyl groups excluding tert-OH is 1. The van der Waals surface area contributed by atoms with Crippen molar-refractivity contribution in [2.75, 3.05) is 23.7 Å². The number of hydrogen-bond donors (Lipinski definition) is 3. The Labute approximate surface area is 188 Å². The van der Waals surface area contributed by atoms with Crippen LogP contribution in [-0.2, 0) is 18.4 Å². The van der Waals surface area contributed by atoms with Crippen molar-refractivity contribution in [3.8, 4) is 0 Å². The minimum Gasteiger partial charge on any atom is -0.390 e. The number of fused-ring (bicyclic) bond motifs is 2. The predicted octanol–water partition coefficient (Wildman–Crippen LogP) is 2.16. The fourth-order valence-electron chi connectivity index (χ4n) is 4.59. The van der Waals surface area contributed by atoms with Crippen LogP contribution in [0.1, 0.15) is 29.9 Å². The molecule has 1 atom stereocenters. The van der Waals surface area contributed by atoms with Crippen molar-refractivity contribution < 1.29 is 9.63 Å². The van der Waals surface area contributed by atoms with Crippen LogP contribution in [0.3, 0.4) is 0 Å². The van der Waals surface area contributed by atoms with E-state index in [1.54, 1.807) is 24.7 Å². The molecule has 1 fully saturated rings. The molecule has 1 aliphatic carbocycles. The van der Waals surface area contributed by atoms with Crippen LogP contribution in [0.2, 0.25) is 5.02 Å². The number of aromatic nitrogens is 4. The third-order valence-electron chi connectivity index (χ3n) is 6.25. The molecule has 5 N–H and O–H groups in total. The minimum atomic E-state index is -0.212. The molecule has 0 radical (unpaired) electrons. The lowest BCUT2D eigenvalue weighted by atomic mass is 9.74. The lowest BCUT2D eigenvalue weighted by Gasteiger charge is -2.41. The molecule has 0 unspecified atom stereocenters. The van der Waals surface area contributed by atoms with Crippen LogP contribution < -0.4 is 16.4 Å². The van der Waals surface area contributed by atoms with Gasteiger partial charge in [-0.25, -0.2) is 15.0 Å². The normalized spacial score (nSPS) is 19.7. The summed E-state index contributed by atoms with van der Waals surface area (Å²) in [6.45, 7) is 1.28. The summed E-state index contributed by atoms with van der Waals surface area (Å²) in [7, 11) is 0. The van der Waals surface area contributed by atoms with E-state index in [-0.39, 0.29) is 23.9 Å². The molecule has 11 heteroatoms. The van der Waals surface area contributed by atoms with Crippen molar-refractivity contribution in [2.45, 2.75) is 47.2 Å². The summed E-state index contributed by atoms with van der Waals surface area (Å²) < 4.78 is 5.57. The van der Waals surface area contributed by atoms with Gasteiger partial charge in [-0.1, -0.05) is 28.5 Å². The van der Waals surface area contributed by atoms with Gasteiger partial charge in [0, 0.05) is 35.8 Å². The first-order chi connectivity index (χ1) is 15.0. The number of pyridine rings is 1. The summed E-state index contributed by atoms with van der Waals surface area (Å²) in [5.41, 5.74) is 13.7. The van der Waals surface area contributed by atoms with Gasteiger partial charge in [-0.3, -0.25) is 0 Å². The zero-order chi connectivity index (χ0) is 21.6. The van der Waals surface area contributed by atoms with Crippen molar-refractivity contribution in [1.29, 1.82) is 0 Å². The molecule has 0 bridgehead atoms. The zero-order valence-corrected chi connectivity index (χ0v) is 18.2. The summed E-state index contributed by atoms with van der Waals surface area (Å²) in [5.74, 6) is 1.89. The van der Waals surface area contributed by atoms with Crippen molar-refractivity contribution in [1.82, 2.24) is 20.1 Å². The van der Waals surface area contributed by atoms with E-state index in [0.29, 0.717) is 21.6 Å². The minimum absolute atomic E-state index is 0.0334. The van der Waals surface area contributed by atoms with Crippen molar-refractivity contribution >= 4 is 35.0 Å². The fraction of sp³-hybridized carbons (Fsp3) is 0.400. The van der Waals surface area contributed by atoms with Crippen LogP contribution in [0, 0.1) is 0 Å². The van der Waals surface area contributed by atoms with E-state index in [9.17, 15) is 5.11 Å². The summed E-state index contributed by atoms with van der Waals surface area (Å²) >= 11 is 7.56. The van der Waals surface area contributed by atoms with E-state index in [1.807, 2.05) is 0 Å². The third-order valence-corrected chi connectivity index (χ3v) is 7.72. The molecule has 0 saturated carbocycles. The van der Waals surface area contributed by atoms with E-state index in [2.05, 4.69) is 25.0 Å². The quantitative estimate of drug-likeness (QED) is 0.531. The van der Waals surface area contributed by atoms with Crippen LogP contribution in [0.4, 0.5) is 11.6 Å². The number of piperidine rings is 1. The van der Waals surface area contributed by atoms with Gasteiger partial charge in [0.25, 0.3) is 0 Å². The summed E-state index contributed by atoms with van der Waals surface area (Å²) in [6.07, 6.45) is 7.54. The largest absolute Gasteiger partial charge is 0.390 e. The standard InChI is InChI=1S/C20H22ClN7O2S/c21-16-13(1-4-24-18(16)23)31-15-9-25-19(12(10-29)27-15)28-5-2-20(3-6-28)14(22)7-11-8-26-30-17(11)20/h1,4,8-9,14,29H,2-3,5-7,10,22H2,(H2,23,24)/t14-/m1/s1. The highest BCUT2D eigenvalue weighted by molar-refractivity contribution is 7.99. The number of hydrogen-bond acceptors (Lipinski definition) is 10. The highest BCUT2D eigenvalue weighted by Gasteiger charge is 2.50. The van der Waals surface area contributed by atoms with Gasteiger partial charge in [-0.05, 0) is 25.3 Å². The maximum absolute atomic E-state index is 9.95. The number of halogens is 1. The second kappa shape index (κ2) is 7.94. The number of rotatable bonds is 4. The van der Waals surface area contributed by atoms with Gasteiger partial charge in [0.05, 0.1) is 29.4 Å². The maximum Gasteiger partial charge on any atom is 0.152 e. The second-order valence-electron chi connectivity index (χ2n) is 7.88. The molecule has 3 aromatic rings.